The van der Waals surface area contributed by atoms with Crippen molar-refractivity contribution in [2.24, 2.45) is 11.8 Å². The zero-order valence-electron chi connectivity index (χ0n) is 11.4. The first-order chi connectivity index (χ1) is 8.90. The van der Waals surface area contributed by atoms with Gasteiger partial charge in [-0.15, -0.1) is 0 Å². The topological polar surface area (TPSA) is 12.9 Å². The molecule has 0 aromatic carbocycles. The van der Waals surface area contributed by atoms with Gasteiger partial charge in [0.25, 0.3) is 0 Å². The molecule has 2 fully saturated rings. The van der Waals surface area contributed by atoms with Crippen LogP contribution in [0.25, 0.3) is 0 Å². The summed E-state index contributed by atoms with van der Waals surface area (Å²) in [5.74, 6) is 1.83. The Morgan fingerprint density at radius 2 is 1.22 bits per heavy atom. The number of aromatic nitrogens is 1. The van der Waals surface area contributed by atoms with E-state index in [1.165, 1.54) is 75.6 Å². The fraction of sp³-hybridized carbons (Fsp3) is 0.706. The molecule has 0 radical (unpaired) electrons. The van der Waals surface area contributed by atoms with E-state index in [0.717, 1.165) is 11.8 Å². The van der Waals surface area contributed by atoms with Crippen LogP contribution in [0.3, 0.4) is 0 Å². The highest BCUT2D eigenvalue weighted by atomic mass is 14.7. The predicted molar refractivity (Wildman–Crippen MR) is 75.6 cm³/mol. The SMILES string of the molecule is c1cc(CC2CCCC2)nc(CC2CCCC2)c1. The second kappa shape index (κ2) is 5.86. The van der Waals surface area contributed by atoms with Crippen LogP contribution in [0.1, 0.15) is 62.8 Å². The zero-order chi connectivity index (χ0) is 12.2. The lowest BCUT2D eigenvalue weighted by Crippen LogP contribution is -2.05. The van der Waals surface area contributed by atoms with Gasteiger partial charge in [0.1, 0.15) is 0 Å². The molecule has 0 N–H and O–H groups in total. The Morgan fingerprint density at radius 3 is 1.67 bits per heavy atom. The lowest BCUT2D eigenvalue weighted by Gasteiger charge is -2.11. The van der Waals surface area contributed by atoms with Gasteiger partial charge in [0.05, 0.1) is 0 Å². The third-order valence-corrected chi connectivity index (χ3v) is 4.81. The van der Waals surface area contributed by atoms with Crippen molar-refractivity contribution in [3.05, 3.63) is 29.6 Å². The maximum atomic E-state index is 4.90. The van der Waals surface area contributed by atoms with E-state index >= 15 is 0 Å². The van der Waals surface area contributed by atoms with Gasteiger partial charge < -0.3 is 0 Å². The maximum absolute atomic E-state index is 4.90. The summed E-state index contributed by atoms with van der Waals surface area (Å²) in [4.78, 5) is 4.90. The fourth-order valence-corrected chi connectivity index (χ4v) is 3.78. The van der Waals surface area contributed by atoms with E-state index in [0.29, 0.717) is 0 Å². The number of nitrogens with zero attached hydrogens (tertiary/aromatic N) is 1. The predicted octanol–water partition coefficient (Wildman–Crippen LogP) is 4.55. The summed E-state index contributed by atoms with van der Waals surface area (Å²) >= 11 is 0. The van der Waals surface area contributed by atoms with Gasteiger partial charge in [-0.3, -0.25) is 4.98 Å². The summed E-state index contributed by atoms with van der Waals surface area (Å²) in [6.45, 7) is 0. The molecule has 0 amide bonds. The molecule has 98 valence electrons. The first-order valence-electron chi connectivity index (χ1n) is 7.85. The maximum Gasteiger partial charge on any atom is 0.0409 e. The van der Waals surface area contributed by atoms with Gasteiger partial charge in [-0.1, -0.05) is 57.4 Å². The Bertz CT molecular complexity index is 340. The fourth-order valence-electron chi connectivity index (χ4n) is 3.78. The summed E-state index contributed by atoms with van der Waals surface area (Å²) < 4.78 is 0. The molecule has 0 spiro atoms. The lowest BCUT2D eigenvalue weighted by molar-refractivity contribution is 0.524. The molecule has 1 nitrogen and oxygen atoms in total. The van der Waals surface area contributed by atoms with E-state index in [9.17, 15) is 0 Å². The third-order valence-electron chi connectivity index (χ3n) is 4.81. The van der Waals surface area contributed by atoms with Crippen LogP contribution in [0.5, 0.6) is 0 Å². The lowest BCUT2D eigenvalue weighted by atomic mass is 9.99. The van der Waals surface area contributed by atoms with Crippen LogP contribution < -0.4 is 0 Å². The van der Waals surface area contributed by atoms with E-state index in [1.807, 2.05) is 0 Å². The average Bonchev–Trinajstić information content (AvgIpc) is 3.03. The normalized spacial score (nSPS) is 21.8. The Hall–Kier alpha value is -0.850. The quantitative estimate of drug-likeness (QED) is 0.756. The molecular weight excluding hydrogens is 218 g/mol. The molecule has 1 aromatic heterocycles. The van der Waals surface area contributed by atoms with Gasteiger partial charge in [-0.25, -0.2) is 0 Å². The molecule has 0 saturated heterocycles. The summed E-state index contributed by atoms with van der Waals surface area (Å²) in [6.07, 6.45) is 13.9. The molecule has 2 aliphatic rings. The molecular formula is C17H25N. The molecule has 0 aliphatic heterocycles. The summed E-state index contributed by atoms with van der Waals surface area (Å²) in [5.41, 5.74) is 2.69. The number of pyridine rings is 1. The van der Waals surface area contributed by atoms with Gasteiger partial charge in [-0.2, -0.15) is 0 Å². The molecule has 0 atom stereocenters. The smallest absolute Gasteiger partial charge is 0.0409 e. The highest BCUT2D eigenvalue weighted by Crippen LogP contribution is 2.29. The second-order valence-corrected chi connectivity index (χ2v) is 6.33. The van der Waals surface area contributed by atoms with Gasteiger partial charge in [0.2, 0.25) is 0 Å². The van der Waals surface area contributed by atoms with Crippen molar-refractivity contribution in [2.45, 2.75) is 64.2 Å². The Kier molecular flexibility index (Phi) is 3.97. The van der Waals surface area contributed by atoms with Gasteiger partial charge in [-0.05, 0) is 36.8 Å². The van der Waals surface area contributed by atoms with Crippen LogP contribution in [0.2, 0.25) is 0 Å². The first-order valence-corrected chi connectivity index (χ1v) is 7.85. The molecule has 0 bridgehead atoms. The van der Waals surface area contributed by atoms with Crippen molar-refractivity contribution >= 4 is 0 Å². The second-order valence-electron chi connectivity index (χ2n) is 6.33. The van der Waals surface area contributed by atoms with Crippen LogP contribution in [-0.4, -0.2) is 4.98 Å². The third kappa shape index (κ3) is 3.13. The molecule has 2 aliphatic carbocycles. The minimum absolute atomic E-state index is 0.916. The molecule has 3 rings (SSSR count). The number of hydrogen-bond acceptors (Lipinski definition) is 1. The van der Waals surface area contributed by atoms with Gasteiger partial charge in [0, 0.05) is 11.4 Å². The van der Waals surface area contributed by atoms with Crippen LogP contribution in [-0.2, 0) is 12.8 Å². The summed E-state index contributed by atoms with van der Waals surface area (Å²) in [5, 5.41) is 0. The average molecular weight is 243 g/mol. The van der Waals surface area contributed by atoms with Gasteiger partial charge >= 0.3 is 0 Å². The van der Waals surface area contributed by atoms with E-state index in [2.05, 4.69) is 18.2 Å². The van der Waals surface area contributed by atoms with Crippen molar-refractivity contribution in [3.63, 3.8) is 0 Å². The first kappa shape index (κ1) is 12.2. The van der Waals surface area contributed by atoms with Crippen LogP contribution >= 0.6 is 0 Å². The minimum Gasteiger partial charge on any atom is -0.258 e. The standard InChI is InChI=1S/C17H25N/c1-2-7-14(6-1)12-16-10-5-11-17(18-16)13-15-8-3-4-9-15/h5,10-11,14-15H,1-4,6-9,12-13H2. The highest BCUT2D eigenvalue weighted by Gasteiger charge is 2.18. The Morgan fingerprint density at radius 1 is 0.778 bits per heavy atom. The van der Waals surface area contributed by atoms with Crippen LogP contribution in [0.4, 0.5) is 0 Å². The summed E-state index contributed by atoms with van der Waals surface area (Å²) in [7, 11) is 0. The van der Waals surface area contributed by atoms with Crippen molar-refractivity contribution in [1.82, 2.24) is 4.98 Å². The Balaban J connectivity index is 1.60. The molecule has 2 saturated carbocycles. The Labute approximate surface area is 111 Å². The van der Waals surface area contributed by atoms with Crippen molar-refractivity contribution < 1.29 is 0 Å². The van der Waals surface area contributed by atoms with Crippen LogP contribution in [0.15, 0.2) is 18.2 Å². The van der Waals surface area contributed by atoms with Crippen molar-refractivity contribution in [2.75, 3.05) is 0 Å². The van der Waals surface area contributed by atoms with E-state index in [1.54, 1.807) is 0 Å². The zero-order valence-corrected chi connectivity index (χ0v) is 11.4. The largest absolute Gasteiger partial charge is 0.258 e. The molecule has 1 heterocycles. The molecule has 1 aromatic rings. The monoisotopic (exact) mass is 243 g/mol. The summed E-state index contributed by atoms with van der Waals surface area (Å²) in [6, 6.07) is 6.69. The molecule has 0 unspecified atom stereocenters. The van der Waals surface area contributed by atoms with E-state index < -0.39 is 0 Å². The highest BCUT2D eigenvalue weighted by molar-refractivity contribution is 5.12. The van der Waals surface area contributed by atoms with E-state index in [4.69, 9.17) is 4.98 Å². The number of rotatable bonds is 4. The molecule has 1 heteroatoms. The van der Waals surface area contributed by atoms with Gasteiger partial charge in [0.15, 0.2) is 0 Å². The minimum atomic E-state index is 0.916. The number of hydrogen-bond donors (Lipinski definition) is 0. The van der Waals surface area contributed by atoms with Crippen molar-refractivity contribution in [3.8, 4) is 0 Å². The molecule has 18 heavy (non-hydrogen) atoms. The van der Waals surface area contributed by atoms with E-state index in [-0.39, 0.29) is 0 Å². The van der Waals surface area contributed by atoms with Crippen molar-refractivity contribution in [1.29, 1.82) is 0 Å². The van der Waals surface area contributed by atoms with Crippen LogP contribution in [0, 0.1) is 11.8 Å².